The third-order valence-electron chi connectivity index (χ3n) is 5.78. The fourth-order valence-electron chi connectivity index (χ4n) is 4.78. The number of fused-ring (bicyclic) bond motifs is 1. The summed E-state index contributed by atoms with van der Waals surface area (Å²) >= 11 is 0. The molecule has 1 saturated heterocycles. The average Bonchev–Trinajstić information content (AvgIpc) is 2.65. The predicted octanol–water partition coefficient (Wildman–Crippen LogP) is 3.95. The number of benzene rings is 1. The minimum absolute atomic E-state index is 0.0993. The molecule has 0 unspecified atom stereocenters. The molecule has 2 aliphatic rings. The molecule has 0 aliphatic carbocycles. The van der Waals surface area contributed by atoms with Crippen molar-refractivity contribution >= 4 is 17.7 Å². The van der Waals surface area contributed by atoms with E-state index in [2.05, 4.69) is 57.7 Å². The Morgan fingerprint density at radius 1 is 1.32 bits per heavy atom. The number of nitrogens with zero attached hydrogens (tertiary/aromatic N) is 3. The number of carbonyl (C=O) groups excluding carboxylic acids is 1. The van der Waals surface area contributed by atoms with Crippen molar-refractivity contribution in [1.82, 2.24) is 4.90 Å². The zero-order valence-electron chi connectivity index (χ0n) is 17.7. The summed E-state index contributed by atoms with van der Waals surface area (Å²) in [6, 6.07) is 8.81. The van der Waals surface area contributed by atoms with Crippen molar-refractivity contribution in [2.45, 2.75) is 58.5 Å². The van der Waals surface area contributed by atoms with Gasteiger partial charge in [-0.05, 0) is 69.4 Å². The molecule has 2 heterocycles. The highest BCUT2D eigenvalue weighted by atomic mass is 16.5. The van der Waals surface area contributed by atoms with Gasteiger partial charge in [0.25, 0.3) is 5.91 Å². The summed E-state index contributed by atoms with van der Waals surface area (Å²) in [4.78, 5) is 16.9. The third kappa shape index (κ3) is 3.93. The number of ether oxygens (including phenoxy) is 1. The topological polar surface area (TPSA) is 56.6 Å². The molecule has 28 heavy (non-hydrogen) atoms. The Hall–Kier alpha value is -2.32. The van der Waals surface area contributed by atoms with Gasteiger partial charge in [0.15, 0.2) is 0 Å². The molecule has 1 aromatic carbocycles. The molecule has 0 bridgehead atoms. The minimum atomic E-state index is -0.207. The van der Waals surface area contributed by atoms with Crippen LogP contribution in [0.3, 0.4) is 0 Å². The lowest BCUT2D eigenvalue weighted by atomic mass is 9.79. The molecule has 2 aliphatic heterocycles. The van der Waals surface area contributed by atoms with Crippen molar-refractivity contribution in [2.24, 2.45) is 0 Å². The predicted molar refractivity (Wildman–Crippen MR) is 112 cm³/mol. The van der Waals surface area contributed by atoms with Gasteiger partial charge in [-0.2, -0.15) is 5.26 Å². The van der Waals surface area contributed by atoms with Crippen molar-refractivity contribution in [3.05, 3.63) is 34.9 Å². The summed E-state index contributed by atoms with van der Waals surface area (Å²) < 4.78 is 5.30. The Morgan fingerprint density at radius 3 is 2.61 bits per heavy atom. The molecule has 0 saturated carbocycles. The Kier molecular flexibility index (Phi) is 5.81. The number of amides is 1. The molecule has 0 aromatic heterocycles. The molecule has 1 aromatic rings. The smallest absolute Gasteiger partial charge is 0.264 e. The van der Waals surface area contributed by atoms with Gasteiger partial charge in [0.05, 0.1) is 13.2 Å². The van der Waals surface area contributed by atoms with Crippen molar-refractivity contribution in [3.8, 4) is 6.07 Å². The number of hydrogen-bond donors (Lipinski definition) is 0. The molecule has 0 spiro atoms. The van der Waals surface area contributed by atoms with Crippen molar-refractivity contribution in [2.75, 3.05) is 31.2 Å². The van der Waals surface area contributed by atoms with Crippen LogP contribution in [0.1, 0.15) is 58.1 Å². The van der Waals surface area contributed by atoms with Crippen LogP contribution < -0.4 is 4.90 Å². The average molecular weight is 382 g/mol. The number of anilines is 1. The van der Waals surface area contributed by atoms with E-state index in [0.29, 0.717) is 38.3 Å². The van der Waals surface area contributed by atoms with Crippen molar-refractivity contribution < 1.29 is 9.53 Å². The van der Waals surface area contributed by atoms with Gasteiger partial charge in [-0.3, -0.25) is 4.79 Å². The van der Waals surface area contributed by atoms with Crippen LogP contribution in [-0.2, 0) is 9.53 Å². The fraction of sp³-hybridized carbons (Fsp3) is 0.565. The number of carbonyl (C=O) groups is 1. The number of morpholine rings is 1. The summed E-state index contributed by atoms with van der Waals surface area (Å²) in [5.74, 6) is 0.218. The van der Waals surface area contributed by atoms with Crippen LogP contribution in [-0.4, -0.2) is 48.7 Å². The first-order chi connectivity index (χ1) is 13.2. The number of rotatable bonds is 3. The second kappa shape index (κ2) is 7.97. The van der Waals surface area contributed by atoms with E-state index >= 15 is 0 Å². The third-order valence-corrected chi connectivity index (χ3v) is 5.78. The molecule has 0 N–H and O–H groups in total. The van der Waals surface area contributed by atoms with Crippen LogP contribution in [0.2, 0.25) is 0 Å². The molecule has 150 valence electrons. The van der Waals surface area contributed by atoms with E-state index in [1.165, 1.54) is 11.3 Å². The van der Waals surface area contributed by atoms with Crippen LogP contribution in [0.5, 0.6) is 0 Å². The van der Waals surface area contributed by atoms with Crippen molar-refractivity contribution in [1.29, 1.82) is 5.26 Å². The second-order valence-corrected chi connectivity index (χ2v) is 8.77. The van der Waals surface area contributed by atoms with E-state index < -0.39 is 0 Å². The highest BCUT2D eigenvalue weighted by Gasteiger charge is 2.37. The van der Waals surface area contributed by atoms with Gasteiger partial charge in [-0.25, -0.2) is 0 Å². The van der Waals surface area contributed by atoms with Gasteiger partial charge >= 0.3 is 0 Å². The fourth-order valence-corrected chi connectivity index (χ4v) is 4.78. The summed E-state index contributed by atoms with van der Waals surface area (Å²) in [6.45, 7) is 13.5. The molecular weight excluding hydrogens is 350 g/mol. The largest absolute Gasteiger partial charge is 0.378 e. The maximum atomic E-state index is 12.7. The van der Waals surface area contributed by atoms with Crippen LogP contribution in [0.4, 0.5) is 5.69 Å². The SMILES string of the molecule is CC(C)N1c2ccc(/C=C(/C#N)C(=O)N3CCOCC3)cc2[C@@H](C)CC1(C)C. The Bertz CT molecular complexity index is 814. The summed E-state index contributed by atoms with van der Waals surface area (Å²) in [5.41, 5.74) is 3.74. The summed E-state index contributed by atoms with van der Waals surface area (Å²) in [5, 5.41) is 9.56. The number of nitriles is 1. The first-order valence-electron chi connectivity index (χ1n) is 10.2. The van der Waals surface area contributed by atoms with Gasteiger partial charge in [-0.1, -0.05) is 13.0 Å². The van der Waals surface area contributed by atoms with E-state index in [-0.39, 0.29) is 17.0 Å². The molecule has 1 amide bonds. The maximum absolute atomic E-state index is 12.7. The van der Waals surface area contributed by atoms with Gasteiger partial charge in [-0.15, -0.1) is 0 Å². The molecule has 0 radical (unpaired) electrons. The second-order valence-electron chi connectivity index (χ2n) is 8.77. The summed E-state index contributed by atoms with van der Waals surface area (Å²) in [7, 11) is 0. The Morgan fingerprint density at radius 2 is 2.00 bits per heavy atom. The standard InChI is InChI=1S/C23H31N3O2/c1-16(2)26-21-7-6-18(13-20(21)17(3)14-23(26,4)5)12-19(15-24)22(27)25-8-10-28-11-9-25/h6-7,12-13,16-17H,8-11,14H2,1-5H3/b19-12-/t17-/m0/s1. The van der Waals surface area contributed by atoms with Crippen molar-refractivity contribution in [3.63, 3.8) is 0 Å². The van der Waals surface area contributed by atoms with Crippen LogP contribution in [0, 0.1) is 11.3 Å². The van der Waals surface area contributed by atoms with Crippen LogP contribution in [0.15, 0.2) is 23.8 Å². The van der Waals surface area contributed by atoms with Gasteiger partial charge < -0.3 is 14.5 Å². The monoisotopic (exact) mass is 381 g/mol. The normalized spacial score (nSPS) is 22.0. The quantitative estimate of drug-likeness (QED) is 0.588. The van der Waals surface area contributed by atoms with E-state index in [4.69, 9.17) is 4.74 Å². The lowest BCUT2D eigenvalue weighted by Gasteiger charge is -2.50. The first-order valence-corrected chi connectivity index (χ1v) is 10.2. The molecule has 1 fully saturated rings. The van der Waals surface area contributed by atoms with Crippen LogP contribution in [0.25, 0.3) is 6.08 Å². The van der Waals surface area contributed by atoms with Gasteiger partial charge in [0.1, 0.15) is 11.6 Å². The van der Waals surface area contributed by atoms with Gasteiger partial charge in [0.2, 0.25) is 0 Å². The minimum Gasteiger partial charge on any atom is -0.378 e. The zero-order valence-corrected chi connectivity index (χ0v) is 17.7. The first kappa shape index (κ1) is 20.4. The Balaban J connectivity index is 1.94. The molecular formula is C23H31N3O2. The Labute approximate surface area is 168 Å². The number of hydrogen-bond acceptors (Lipinski definition) is 4. The maximum Gasteiger partial charge on any atom is 0.264 e. The molecule has 5 nitrogen and oxygen atoms in total. The van der Waals surface area contributed by atoms with E-state index in [1.54, 1.807) is 11.0 Å². The van der Waals surface area contributed by atoms with E-state index in [1.807, 2.05) is 6.07 Å². The molecule has 3 rings (SSSR count). The lowest BCUT2D eigenvalue weighted by molar-refractivity contribution is -0.130. The highest BCUT2D eigenvalue weighted by Crippen LogP contribution is 2.44. The zero-order chi connectivity index (χ0) is 20.5. The molecule has 1 atom stereocenters. The molecule has 5 heteroatoms. The van der Waals surface area contributed by atoms with Gasteiger partial charge in [0, 0.05) is 30.4 Å². The van der Waals surface area contributed by atoms with Crippen LogP contribution >= 0.6 is 0 Å². The lowest BCUT2D eigenvalue weighted by Crippen LogP contribution is -2.51. The highest BCUT2D eigenvalue weighted by molar-refractivity contribution is 6.01. The summed E-state index contributed by atoms with van der Waals surface area (Å²) in [6.07, 6.45) is 2.80. The van der Waals surface area contributed by atoms with E-state index in [9.17, 15) is 10.1 Å². The van der Waals surface area contributed by atoms with E-state index in [0.717, 1.165) is 12.0 Å².